The first kappa shape index (κ1) is 9.26. The molecular weight excluding hydrogens is 192 g/mol. The highest BCUT2D eigenvalue weighted by molar-refractivity contribution is 5.92. The summed E-state index contributed by atoms with van der Waals surface area (Å²) in [6.07, 6.45) is 4.43. The number of amides is 1. The Balaban J connectivity index is 2.36. The lowest BCUT2D eigenvalue weighted by atomic mass is 10.3. The molecule has 2 N–H and O–H groups in total. The van der Waals surface area contributed by atoms with Crippen molar-refractivity contribution in [2.24, 2.45) is 5.73 Å². The first-order valence-corrected chi connectivity index (χ1v) is 4.30. The van der Waals surface area contributed by atoms with Gasteiger partial charge in [0.15, 0.2) is 5.82 Å². The number of aromatic nitrogens is 3. The first-order chi connectivity index (χ1) is 7.27. The third-order valence-electron chi connectivity index (χ3n) is 1.83. The first-order valence-electron chi connectivity index (χ1n) is 4.30. The number of hydrogen-bond acceptors (Lipinski definition) is 4. The van der Waals surface area contributed by atoms with Crippen LogP contribution in [0.5, 0.6) is 0 Å². The lowest BCUT2D eigenvalue weighted by molar-refractivity contribution is 0.0999. The quantitative estimate of drug-likeness (QED) is 0.771. The van der Waals surface area contributed by atoms with E-state index in [9.17, 15) is 4.79 Å². The van der Waals surface area contributed by atoms with Crippen molar-refractivity contribution in [2.75, 3.05) is 0 Å². The van der Waals surface area contributed by atoms with Crippen molar-refractivity contribution in [3.05, 3.63) is 42.4 Å². The SMILES string of the molecule is NC(=O)c1cnc(-c2ccccn2)nc1. The largest absolute Gasteiger partial charge is 0.366 e. The predicted molar refractivity (Wildman–Crippen MR) is 53.8 cm³/mol. The Labute approximate surface area is 86.0 Å². The molecule has 5 nitrogen and oxygen atoms in total. The zero-order chi connectivity index (χ0) is 10.7. The Hall–Kier alpha value is -2.30. The summed E-state index contributed by atoms with van der Waals surface area (Å²) < 4.78 is 0. The van der Waals surface area contributed by atoms with Gasteiger partial charge in [0.1, 0.15) is 5.69 Å². The van der Waals surface area contributed by atoms with E-state index in [1.165, 1.54) is 12.4 Å². The lowest BCUT2D eigenvalue weighted by Gasteiger charge is -1.98. The van der Waals surface area contributed by atoms with Crippen molar-refractivity contribution in [3.8, 4) is 11.5 Å². The maximum Gasteiger partial charge on any atom is 0.251 e. The van der Waals surface area contributed by atoms with Crippen molar-refractivity contribution in [3.63, 3.8) is 0 Å². The molecule has 0 radical (unpaired) electrons. The molecule has 0 aliphatic heterocycles. The fourth-order valence-corrected chi connectivity index (χ4v) is 1.08. The zero-order valence-electron chi connectivity index (χ0n) is 7.79. The minimum absolute atomic E-state index is 0.287. The summed E-state index contributed by atoms with van der Waals surface area (Å²) in [5, 5.41) is 0. The molecule has 0 saturated heterocycles. The minimum Gasteiger partial charge on any atom is -0.366 e. The molecular formula is C10H8N4O. The second-order valence-corrected chi connectivity index (χ2v) is 2.87. The summed E-state index contributed by atoms with van der Waals surface area (Å²) in [7, 11) is 0. The van der Waals surface area contributed by atoms with Crippen LogP contribution in [-0.4, -0.2) is 20.9 Å². The number of nitrogens with zero attached hydrogens (tertiary/aromatic N) is 3. The van der Waals surface area contributed by atoms with Crippen LogP contribution in [-0.2, 0) is 0 Å². The maximum atomic E-state index is 10.8. The van der Waals surface area contributed by atoms with Crippen molar-refractivity contribution < 1.29 is 4.79 Å². The molecule has 2 aromatic heterocycles. The van der Waals surface area contributed by atoms with Gasteiger partial charge in [0.25, 0.3) is 5.91 Å². The van der Waals surface area contributed by atoms with Crippen LogP contribution in [0.2, 0.25) is 0 Å². The van der Waals surface area contributed by atoms with Crippen LogP contribution in [0.1, 0.15) is 10.4 Å². The summed E-state index contributed by atoms with van der Waals surface area (Å²) in [4.78, 5) is 22.8. The molecule has 0 fully saturated rings. The van der Waals surface area contributed by atoms with Gasteiger partial charge in [-0.25, -0.2) is 9.97 Å². The molecule has 0 spiro atoms. The van der Waals surface area contributed by atoms with E-state index >= 15 is 0 Å². The van der Waals surface area contributed by atoms with E-state index in [0.717, 1.165) is 0 Å². The number of carbonyl (C=O) groups excluding carboxylic acids is 1. The summed E-state index contributed by atoms with van der Waals surface area (Å²) in [6.45, 7) is 0. The lowest BCUT2D eigenvalue weighted by Crippen LogP contribution is -2.11. The molecule has 0 aliphatic carbocycles. The summed E-state index contributed by atoms with van der Waals surface area (Å²) in [5.41, 5.74) is 6.02. The average Bonchev–Trinajstić information content (AvgIpc) is 2.30. The van der Waals surface area contributed by atoms with E-state index in [2.05, 4.69) is 15.0 Å². The van der Waals surface area contributed by atoms with Gasteiger partial charge in [0.05, 0.1) is 5.56 Å². The van der Waals surface area contributed by atoms with Gasteiger partial charge < -0.3 is 5.73 Å². The summed E-state index contributed by atoms with van der Waals surface area (Å²) >= 11 is 0. The Morgan fingerprint density at radius 3 is 2.40 bits per heavy atom. The van der Waals surface area contributed by atoms with Crippen LogP contribution in [0.3, 0.4) is 0 Å². The van der Waals surface area contributed by atoms with Gasteiger partial charge in [-0.2, -0.15) is 0 Å². The van der Waals surface area contributed by atoms with E-state index in [-0.39, 0.29) is 5.56 Å². The highest BCUT2D eigenvalue weighted by Gasteiger charge is 2.04. The number of rotatable bonds is 2. The standard InChI is InChI=1S/C10H8N4O/c11-9(15)7-5-13-10(14-6-7)8-3-1-2-4-12-8/h1-6H,(H2,11,15). The van der Waals surface area contributed by atoms with Crippen molar-refractivity contribution >= 4 is 5.91 Å². The smallest absolute Gasteiger partial charge is 0.251 e. The Bertz CT molecular complexity index is 467. The fraction of sp³-hybridized carbons (Fsp3) is 0. The number of carbonyl (C=O) groups is 1. The van der Waals surface area contributed by atoms with E-state index in [1.54, 1.807) is 18.3 Å². The van der Waals surface area contributed by atoms with Gasteiger partial charge in [-0.15, -0.1) is 0 Å². The number of primary amides is 1. The Morgan fingerprint density at radius 1 is 1.13 bits per heavy atom. The Morgan fingerprint density at radius 2 is 1.87 bits per heavy atom. The van der Waals surface area contributed by atoms with Crippen LogP contribution in [0.15, 0.2) is 36.8 Å². The van der Waals surface area contributed by atoms with Gasteiger partial charge in [-0.05, 0) is 12.1 Å². The number of nitrogens with two attached hydrogens (primary N) is 1. The topological polar surface area (TPSA) is 81.8 Å². The molecule has 0 aliphatic rings. The van der Waals surface area contributed by atoms with E-state index in [1.807, 2.05) is 6.07 Å². The van der Waals surface area contributed by atoms with Crippen molar-refractivity contribution in [2.45, 2.75) is 0 Å². The van der Waals surface area contributed by atoms with E-state index in [0.29, 0.717) is 11.5 Å². The van der Waals surface area contributed by atoms with Crippen molar-refractivity contribution in [1.29, 1.82) is 0 Å². The highest BCUT2D eigenvalue weighted by atomic mass is 16.1. The minimum atomic E-state index is -0.539. The molecule has 0 saturated carbocycles. The van der Waals surface area contributed by atoms with E-state index < -0.39 is 5.91 Å². The van der Waals surface area contributed by atoms with Gasteiger partial charge in [-0.3, -0.25) is 9.78 Å². The van der Waals surface area contributed by atoms with Crippen LogP contribution in [0.4, 0.5) is 0 Å². The zero-order valence-corrected chi connectivity index (χ0v) is 7.79. The Kier molecular flexibility index (Phi) is 2.37. The second-order valence-electron chi connectivity index (χ2n) is 2.87. The number of hydrogen-bond donors (Lipinski definition) is 1. The molecule has 15 heavy (non-hydrogen) atoms. The van der Waals surface area contributed by atoms with Gasteiger partial charge in [0, 0.05) is 18.6 Å². The molecule has 0 bridgehead atoms. The third kappa shape index (κ3) is 1.96. The fourth-order valence-electron chi connectivity index (χ4n) is 1.08. The van der Waals surface area contributed by atoms with Gasteiger partial charge in [-0.1, -0.05) is 6.07 Å². The van der Waals surface area contributed by atoms with Crippen LogP contribution in [0.25, 0.3) is 11.5 Å². The third-order valence-corrected chi connectivity index (χ3v) is 1.83. The summed E-state index contributed by atoms with van der Waals surface area (Å²) in [5.74, 6) is -0.0665. The molecule has 2 aromatic rings. The molecule has 5 heteroatoms. The van der Waals surface area contributed by atoms with Crippen LogP contribution < -0.4 is 5.73 Å². The molecule has 0 aromatic carbocycles. The highest BCUT2D eigenvalue weighted by Crippen LogP contribution is 2.09. The molecule has 1 amide bonds. The second kappa shape index (κ2) is 3.83. The number of pyridine rings is 1. The van der Waals surface area contributed by atoms with E-state index in [4.69, 9.17) is 5.73 Å². The van der Waals surface area contributed by atoms with Crippen LogP contribution >= 0.6 is 0 Å². The predicted octanol–water partition coefficient (Wildman–Crippen LogP) is 0.637. The monoisotopic (exact) mass is 200 g/mol. The van der Waals surface area contributed by atoms with Gasteiger partial charge >= 0.3 is 0 Å². The molecule has 74 valence electrons. The normalized spacial score (nSPS) is 9.87. The average molecular weight is 200 g/mol. The summed E-state index contributed by atoms with van der Waals surface area (Å²) in [6, 6.07) is 5.44. The molecule has 2 rings (SSSR count). The molecule has 0 unspecified atom stereocenters. The maximum absolute atomic E-state index is 10.8. The molecule has 2 heterocycles. The van der Waals surface area contributed by atoms with Crippen molar-refractivity contribution in [1.82, 2.24) is 15.0 Å². The van der Waals surface area contributed by atoms with Crippen LogP contribution in [0, 0.1) is 0 Å². The molecule has 0 atom stereocenters. The van der Waals surface area contributed by atoms with Gasteiger partial charge in [0.2, 0.25) is 0 Å².